The number of carboxylic acid groups (broad SMARTS) is 1. The Balaban J connectivity index is 2.07. The molecule has 1 aliphatic rings. The number of nitrogens with two attached hydrogens (primary N) is 1. The molecule has 0 bridgehead atoms. The molecule has 0 aromatic carbocycles. The van der Waals surface area contributed by atoms with Gasteiger partial charge in [-0.05, 0) is 12.8 Å². The molecular weight excluding hydrogens is 362 g/mol. The van der Waals surface area contributed by atoms with Gasteiger partial charge in [0.05, 0.1) is 12.6 Å². The van der Waals surface area contributed by atoms with Crippen LogP contribution in [0.1, 0.15) is 104 Å². The lowest BCUT2D eigenvalue weighted by Gasteiger charge is -2.34. The largest absolute Gasteiger partial charge is 0.477 e. The fraction of sp³-hybridized carbons (Fsp3) is 0.750. The van der Waals surface area contributed by atoms with Crippen molar-refractivity contribution in [3.8, 4) is 0 Å². The molecular formula is C24H44N3O2+. The van der Waals surface area contributed by atoms with Crippen molar-refractivity contribution >= 4 is 11.8 Å². The van der Waals surface area contributed by atoms with Crippen LogP contribution in [0.3, 0.4) is 0 Å². The van der Waals surface area contributed by atoms with E-state index >= 15 is 0 Å². The summed E-state index contributed by atoms with van der Waals surface area (Å²) in [5.41, 5.74) is 6.08. The van der Waals surface area contributed by atoms with Gasteiger partial charge in [-0.2, -0.15) is 0 Å². The number of nitrogens with zero attached hydrogens (tertiary/aromatic N) is 2. The molecule has 0 aromatic rings. The van der Waals surface area contributed by atoms with Gasteiger partial charge in [0.1, 0.15) is 12.4 Å². The van der Waals surface area contributed by atoms with Crippen LogP contribution in [0.15, 0.2) is 29.5 Å². The number of aliphatic imine (C=N–C) groups is 1. The predicted molar refractivity (Wildman–Crippen MR) is 122 cm³/mol. The van der Waals surface area contributed by atoms with Gasteiger partial charge in [0.2, 0.25) is 5.84 Å². The lowest BCUT2D eigenvalue weighted by atomic mass is 10.0. The number of hydrogen-bond donors (Lipinski definition) is 2. The number of carboxylic acids is 1. The fourth-order valence-electron chi connectivity index (χ4n) is 3.95. The topological polar surface area (TPSA) is 75.7 Å². The Morgan fingerprint density at radius 3 is 2.10 bits per heavy atom. The van der Waals surface area contributed by atoms with E-state index in [1.165, 1.54) is 77.0 Å². The second kappa shape index (κ2) is 15.4. The van der Waals surface area contributed by atoms with Crippen LogP contribution in [-0.4, -0.2) is 34.1 Å². The van der Waals surface area contributed by atoms with E-state index in [2.05, 4.69) is 24.1 Å². The normalized spacial score (nSPS) is 19.8. The minimum Gasteiger partial charge on any atom is -0.477 e. The third-order valence-corrected chi connectivity index (χ3v) is 5.85. The van der Waals surface area contributed by atoms with Crippen LogP contribution in [0.2, 0.25) is 0 Å². The molecule has 0 radical (unpaired) electrons. The maximum atomic E-state index is 11.2. The third kappa shape index (κ3) is 10.2. The number of rotatable bonds is 18. The number of aliphatic carboxylic acids is 1. The minimum absolute atomic E-state index is 0.0560. The van der Waals surface area contributed by atoms with Gasteiger partial charge in [-0.1, -0.05) is 89.7 Å². The van der Waals surface area contributed by atoms with E-state index in [0.717, 1.165) is 12.3 Å². The first kappa shape index (κ1) is 25.6. The molecule has 0 saturated carbocycles. The van der Waals surface area contributed by atoms with Crippen LogP contribution < -0.4 is 5.73 Å². The summed E-state index contributed by atoms with van der Waals surface area (Å²) in [5, 5.41) is 9.23. The van der Waals surface area contributed by atoms with Crippen molar-refractivity contribution < 1.29 is 14.4 Å². The maximum Gasteiger partial charge on any atom is 0.360 e. The molecule has 1 rings (SSSR count). The fourth-order valence-corrected chi connectivity index (χ4v) is 3.95. The molecule has 0 spiro atoms. The quantitative estimate of drug-likeness (QED) is 0.164. The van der Waals surface area contributed by atoms with Crippen molar-refractivity contribution in [2.45, 2.75) is 110 Å². The second-order valence-electron chi connectivity index (χ2n) is 8.42. The molecule has 0 aromatic heterocycles. The molecule has 5 nitrogen and oxygen atoms in total. The van der Waals surface area contributed by atoms with E-state index < -0.39 is 5.97 Å². The summed E-state index contributed by atoms with van der Waals surface area (Å²) in [6.45, 7) is 4.05. The summed E-state index contributed by atoms with van der Waals surface area (Å²) in [5.74, 6) is -0.0460. The molecule has 1 heterocycles. The summed E-state index contributed by atoms with van der Waals surface area (Å²) in [7, 11) is 0. The molecule has 1 aliphatic heterocycles. The van der Waals surface area contributed by atoms with E-state index in [-0.39, 0.29) is 17.2 Å². The summed E-state index contributed by atoms with van der Waals surface area (Å²) in [4.78, 5) is 15.6. The number of unbranched alkanes of at least 4 members (excludes halogenated alkanes) is 12. The molecule has 0 amide bonds. The lowest BCUT2D eigenvalue weighted by Crippen LogP contribution is -2.58. The van der Waals surface area contributed by atoms with Gasteiger partial charge >= 0.3 is 5.97 Å². The molecule has 5 heteroatoms. The van der Waals surface area contributed by atoms with E-state index in [1.54, 1.807) is 12.4 Å². The van der Waals surface area contributed by atoms with Crippen molar-refractivity contribution in [2.75, 3.05) is 6.54 Å². The smallest absolute Gasteiger partial charge is 0.360 e. The number of amidine groups is 1. The van der Waals surface area contributed by atoms with Crippen molar-refractivity contribution in [1.82, 2.24) is 0 Å². The zero-order valence-corrected chi connectivity index (χ0v) is 18.8. The standard InChI is InChI=1S/C24H43N3O2/c1-3-4-5-6-7-8-9-10-11-12-13-14-15-16-17-18-23-26-19-20-27(23,22(2)25)21-24(28)29/h16-17,19-20,22H,3-15,18,21,25H2,1-2H3/p+1/b17-16+. The molecule has 0 aliphatic carbocycles. The third-order valence-electron chi connectivity index (χ3n) is 5.85. The van der Waals surface area contributed by atoms with Crippen molar-refractivity contribution in [3.63, 3.8) is 0 Å². The average Bonchev–Trinajstić information content (AvgIpc) is 3.08. The Hall–Kier alpha value is -1.46. The Morgan fingerprint density at radius 2 is 1.59 bits per heavy atom. The highest BCUT2D eigenvalue weighted by Gasteiger charge is 2.40. The van der Waals surface area contributed by atoms with Gasteiger partial charge in [0.25, 0.3) is 0 Å². The van der Waals surface area contributed by atoms with Gasteiger partial charge in [-0.25, -0.2) is 14.3 Å². The Labute approximate surface area is 178 Å². The molecule has 2 atom stereocenters. The zero-order chi connectivity index (χ0) is 21.4. The highest BCUT2D eigenvalue weighted by molar-refractivity contribution is 5.82. The van der Waals surface area contributed by atoms with Crippen molar-refractivity contribution in [1.29, 1.82) is 0 Å². The van der Waals surface area contributed by atoms with E-state index in [9.17, 15) is 9.90 Å². The first-order valence-corrected chi connectivity index (χ1v) is 11.8. The summed E-state index contributed by atoms with van der Waals surface area (Å²) in [6.07, 6.45) is 25.6. The monoisotopic (exact) mass is 406 g/mol. The average molecular weight is 407 g/mol. The van der Waals surface area contributed by atoms with Crippen molar-refractivity contribution in [3.05, 3.63) is 24.6 Å². The first-order valence-electron chi connectivity index (χ1n) is 11.8. The number of carbonyl (C=O) groups is 1. The van der Waals surface area contributed by atoms with Crippen LogP contribution in [0.5, 0.6) is 0 Å². The lowest BCUT2D eigenvalue weighted by molar-refractivity contribution is -0.805. The van der Waals surface area contributed by atoms with E-state index in [0.29, 0.717) is 6.42 Å². The van der Waals surface area contributed by atoms with Crippen LogP contribution in [0.25, 0.3) is 0 Å². The van der Waals surface area contributed by atoms with Crippen molar-refractivity contribution in [2.24, 2.45) is 10.7 Å². The van der Waals surface area contributed by atoms with Gasteiger partial charge in [-0.15, -0.1) is 0 Å². The predicted octanol–water partition coefficient (Wildman–Crippen LogP) is 6.11. The summed E-state index contributed by atoms with van der Waals surface area (Å²) < 4.78 is 0.123. The maximum absolute atomic E-state index is 11.2. The Bertz CT molecular complexity index is 540. The van der Waals surface area contributed by atoms with Crippen LogP contribution in [0.4, 0.5) is 0 Å². The highest BCUT2D eigenvalue weighted by atomic mass is 16.4. The molecule has 0 saturated heterocycles. The zero-order valence-electron chi connectivity index (χ0n) is 18.8. The van der Waals surface area contributed by atoms with Gasteiger partial charge in [0.15, 0.2) is 6.54 Å². The number of quaternary nitrogens is 1. The minimum atomic E-state index is -0.859. The Kier molecular flexibility index (Phi) is 13.6. The molecule has 2 unspecified atom stereocenters. The second-order valence-corrected chi connectivity index (χ2v) is 8.42. The SMILES string of the molecule is CCCCCCCCCCCCCC/C=C/CC1=NC=C[N+]1(CC(=O)O)C(C)N. The van der Waals surface area contributed by atoms with Crippen LogP contribution in [0, 0.1) is 0 Å². The van der Waals surface area contributed by atoms with Crippen LogP contribution in [-0.2, 0) is 4.79 Å². The first-order chi connectivity index (χ1) is 14.0. The van der Waals surface area contributed by atoms with Crippen LogP contribution >= 0.6 is 0 Å². The van der Waals surface area contributed by atoms with Gasteiger partial charge in [0, 0.05) is 6.92 Å². The Morgan fingerprint density at radius 1 is 1.03 bits per heavy atom. The summed E-state index contributed by atoms with van der Waals surface area (Å²) in [6, 6.07) is 0. The van der Waals surface area contributed by atoms with Gasteiger partial charge < -0.3 is 5.11 Å². The molecule has 29 heavy (non-hydrogen) atoms. The molecule has 166 valence electrons. The number of hydrogen-bond acceptors (Lipinski definition) is 3. The van der Waals surface area contributed by atoms with Gasteiger partial charge in [-0.3, -0.25) is 5.73 Å². The highest BCUT2D eigenvalue weighted by Crippen LogP contribution is 2.22. The molecule has 0 fully saturated rings. The van der Waals surface area contributed by atoms with E-state index in [1.807, 2.05) is 6.92 Å². The number of allylic oxidation sites excluding steroid dienone is 1. The van der Waals surface area contributed by atoms with E-state index in [4.69, 9.17) is 5.73 Å². The summed E-state index contributed by atoms with van der Waals surface area (Å²) >= 11 is 0. The molecule has 3 N–H and O–H groups in total.